The van der Waals surface area contributed by atoms with Crippen LogP contribution in [0.15, 0.2) is 97.2 Å². The van der Waals surface area contributed by atoms with Crippen LogP contribution in [0.2, 0.25) is 0 Å². The number of nitrogens with zero attached hydrogens (tertiary/aromatic N) is 2. The molecule has 0 saturated carbocycles. The van der Waals surface area contributed by atoms with Gasteiger partial charge in [-0.3, -0.25) is 0 Å². The highest BCUT2D eigenvalue weighted by Gasteiger charge is 2.21. The molecule has 0 spiro atoms. The summed E-state index contributed by atoms with van der Waals surface area (Å²) >= 11 is 0. The molecule has 0 radical (unpaired) electrons. The highest BCUT2D eigenvalue weighted by atomic mass is 19.1. The van der Waals surface area contributed by atoms with Crippen LogP contribution in [0.4, 0.5) is 4.39 Å². The van der Waals surface area contributed by atoms with E-state index in [1.807, 2.05) is 18.2 Å². The average Bonchev–Trinajstić information content (AvgIpc) is 3.26. The summed E-state index contributed by atoms with van der Waals surface area (Å²) in [7, 11) is 2.12. The molecule has 0 saturated heterocycles. The van der Waals surface area contributed by atoms with Gasteiger partial charge in [0.2, 0.25) is 5.69 Å². The van der Waals surface area contributed by atoms with Crippen molar-refractivity contribution in [2.75, 3.05) is 0 Å². The first-order valence-electron chi connectivity index (χ1n) is 13.0. The van der Waals surface area contributed by atoms with Crippen LogP contribution in [0.5, 0.6) is 0 Å². The van der Waals surface area contributed by atoms with E-state index in [1.165, 1.54) is 38.7 Å². The van der Waals surface area contributed by atoms with Gasteiger partial charge < -0.3 is 4.57 Å². The number of halogens is 1. The zero-order valence-corrected chi connectivity index (χ0v) is 22.0. The molecule has 0 N–H and O–H groups in total. The second-order valence-corrected chi connectivity index (χ2v) is 10.4. The predicted molar refractivity (Wildman–Crippen MR) is 157 cm³/mol. The minimum atomic E-state index is -0.212. The summed E-state index contributed by atoms with van der Waals surface area (Å²) in [5.74, 6) is -0.212. The second-order valence-electron chi connectivity index (χ2n) is 10.4. The second kappa shape index (κ2) is 8.26. The van der Waals surface area contributed by atoms with Crippen molar-refractivity contribution in [1.82, 2.24) is 4.57 Å². The maximum Gasteiger partial charge on any atom is 0.220 e. The molecule has 0 fully saturated rings. The zero-order valence-electron chi connectivity index (χ0n) is 22.0. The number of hydrogen-bond acceptors (Lipinski definition) is 0. The van der Waals surface area contributed by atoms with Gasteiger partial charge >= 0.3 is 0 Å². The molecule has 7 aromatic rings. The average molecular weight is 496 g/mol. The summed E-state index contributed by atoms with van der Waals surface area (Å²) in [6.45, 7) is 6.55. The normalized spacial score (nSPS) is 11.8. The third-order valence-electron chi connectivity index (χ3n) is 8.11. The molecule has 0 bridgehead atoms. The van der Waals surface area contributed by atoms with E-state index in [4.69, 9.17) is 0 Å². The number of aryl methyl sites for hydroxylation is 3. The Hall–Kier alpha value is -4.50. The van der Waals surface area contributed by atoms with Crippen LogP contribution >= 0.6 is 0 Å². The number of hydrogen-bond donors (Lipinski definition) is 0. The van der Waals surface area contributed by atoms with E-state index < -0.39 is 0 Å². The molecule has 2 nitrogen and oxygen atoms in total. The largest absolute Gasteiger partial charge is 0.306 e. The van der Waals surface area contributed by atoms with Gasteiger partial charge in [-0.25, -0.2) is 8.96 Å². The van der Waals surface area contributed by atoms with Crippen LogP contribution in [-0.4, -0.2) is 4.57 Å². The van der Waals surface area contributed by atoms with Crippen molar-refractivity contribution < 1.29 is 8.96 Å². The molecule has 0 unspecified atom stereocenters. The van der Waals surface area contributed by atoms with E-state index in [0.717, 1.165) is 32.7 Å². The molecule has 38 heavy (non-hydrogen) atoms. The highest BCUT2D eigenvalue weighted by molar-refractivity contribution is 6.15. The number of pyridine rings is 1. The van der Waals surface area contributed by atoms with Crippen LogP contribution in [0.3, 0.4) is 0 Å². The van der Waals surface area contributed by atoms with Gasteiger partial charge in [0.1, 0.15) is 12.9 Å². The first kappa shape index (κ1) is 22.7. The Morgan fingerprint density at radius 2 is 1.37 bits per heavy atom. The van der Waals surface area contributed by atoms with E-state index in [2.05, 4.69) is 104 Å². The van der Waals surface area contributed by atoms with Crippen LogP contribution in [0.1, 0.15) is 16.7 Å². The Balaban J connectivity index is 1.59. The standard InChI is InChI=1S/C35H28FN2/c1-21-19-22(2)23(3)30(20-21)34-29-16-15-27-24(25(29)17-18-37(34)4)10-8-14-33(27)38-32-13-6-5-9-26(32)28-11-7-12-31(36)35(28)38/h5-20H,1-4H3/q+1. The van der Waals surface area contributed by atoms with Gasteiger partial charge in [-0.1, -0.05) is 60.2 Å². The Morgan fingerprint density at radius 3 is 2.24 bits per heavy atom. The molecule has 0 aliphatic carbocycles. The summed E-state index contributed by atoms with van der Waals surface area (Å²) in [5.41, 5.74) is 8.94. The van der Waals surface area contributed by atoms with Gasteiger partial charge in [0.05, 0.1) is 27.7 Å². The number of aromatic nitrogens is 2. The van der Waals surface area contributed by atoms with Crippen molar-refractivity contribution in [1.29, 1.82) is 0 Å². The van der Waals surface area contributed by atoms with Crippen molar-refractivity contribution in [2.45, 2.75) is 20.8 Å². The fraction of sp³-hybridized carbons (Fsp3) is 0.114. The van der Waals surface area contributed by atoms with E-state index in [1.54, 1.807) is 12.1 Å². The van der Waals surface area contributed by atoms with Crippen LogP contribution in [0, 0.1) is 26.6 Å². The summed E-state index contributed by atoms with van der Waals surface area (Å²) in [5, 5.41) is 6.64. The third kappa shape index (κ3) is 3.15. The smallest absolute Gasteiger partial charge is 0.220 e. The van der Waals surface area contributed by atoms with Crippen molar-refractivity contribution in [3.8, 4) is 16.9 Å². The zero-order chi connectivity index (χ0) is 26.1. The Kier molecular flexibility index (Phi) is 4.93. The highest BCUT2D eigenvalue weighted by Crippen LogP contribution is 2.39. The molecule has 184 valence electrons. The quantitative estimate of drug-likeness (QED) is 0.168. The van der Waals surface area contributed by atoms with Crippen molar-refractivity contribution in [3.05, 3.63) is 120 Å². The van der Waals surface area contributed by atoms with E-state index in [-0.39, 0.29) is 5.82 Å². The molecular weight excluding hydrogens is 467 g/mol. The van der Waals surface area contributed by atoms with E-state index in [0.29, 0.717) is 5.52 Å². The Labute approximate surface area is 221 Å². The monoisotopic (exact) mass is 495 g/mol. The summed E-state index contributed by atoms with van der Waals surface area (Å²) in [6.07, 6.45) is 2.15. The summed E-state index contributed by atoms with van der Waals surface area (Å²) in [6, 6.07) is 31.1. The Bertz CT molecular complexity index is 2080. The molecule has 5 aromatic carbocycles. The van der Waals surface area contributed by atoms with E-state index >= 15 is 4.39 Å². The van der Waals surface area contributed by atoms with Crippen LogP contribution in [0.25, 0.3) is 60.3 Å². The topological polar surface area (TPSA) is 8.81 Å². The minimum Gasteiger partial charge on any atom is -0.306 e. The first-order valence-corrected chi connectivity index (χ1v) is 13.0. The maximum absolute atomic E-state index is 15.4. The molecular formula is C35H28FN2+. The van der Waals surface area contributed by atoms with Crippen molar-refractivity contribution >= 4 is 43.4 Å². The molecule has 3 heteroatoms. The van der Waals surface area contributed by atoms with Gasteiger partial charge in [0.15, 0.2) is 6.20 Å². The molecule has 0 amide bonds. The number of benzene rings is 5. The fourth-order valence-corrected chi connectivity index (χ4v) is 6.24. The van der Waals surface area contributed by atoms with Gasteiger partial charge in [0.25, 0.3) is 0 Å². The minimum absolute atomic E-state index is 0.212. The number of rotatable bonds is 2. The van der Waals surface area contributed by atoms with Crippen molar-refractivity contribution in [2.24, 2.45) is 7.05 Å². The van der Waals surface area contributed by atoms with Gasteiger partial charge in [-0.2, -0.15) is 0 Å². The lowest BCUT2D eigenvalue weighted by molar-refractivity contribution is -0.659. The van der Waals surface area contributed by atoms with Gasteiger partial charge in [-0.15, -0.1) is 0 Å². The molecule has 2 aromatic heterocycles. The van der Waals surface area contributed by atoms with Gasteiger partial charge in [-0.05, 0) is 67.6 Å². The molecule has 7 rings (SSSR count). The maximum atomic E-state index is 15.4. The third-order valence-corrected chi connectivity index (χ3v) is 8.11. The lowest BCUT2D eigenvalue weighted by Crippen LogP contribution is -2.30. The number of fused-ring (bicyclic) bond motifs is 6. The number of para-hydroxylation sites is 2. The first-order chi connectivity index (χ1) is 18.4. The predicted octanol–water partition coefficient (Wildman–Crippen LogP) is 8.65. The van der Waals surface area contributed by atoms with Crippen LogP contribution in [-0.2, 0) is 7.05 Å². The van der Waals surface area contributed by atoms with E-state index in [9.17, 15) is 0 Å². The lowest BCUT2D eigenvalue weighted by Gasteiger charge is -2.15. The fourth-order valence-electron chi connectivity index (χ4n) is 6.24. The van der Waals surface area contributed by atoms with Gasteiger partial charge in [0, 0.05) is 27.6 Å². The van der Waals surface area contributed by atoms with Crippen molar-refractivity contribution in [3.63, 3.8) is 0 Å². The summed E-state index contributed by atoms with van der Waals surface area (Å²) < 4.78 is 19.7. The molecule has 0 atom stereocenters. The summed E-state index contributed by atoms with van der Waals surface area (Å²) in [4.78, 5) is 0. The molecule has 0 aliphatic rings. The Morgan fingerprint density at radius 1 is 0.658 bits per heavy atom. The SMILES string of the molecule is Cc1cc(C)c(C)c(-c2c3ccc4c(-n5c6ccccc6c6cccc(F)c65)cccc4c3cc[n+]2C)c1. The molecule has 0 aliphatic heterocycles. The molecule has 2 heterocycles. The van der Waals surface area contributed by atoms with Crippen LogP contribution < -0.4 is 4.57 Å². The lowest BCUT2D eigenvalue weighted by atomic mass is 9.93.